The summed E-state index contributed by atoms with van der Waals surface area (Å²) in [5.41, 5.74) is 7.81. The Kier molecular flexibility index (Phi) is 4.30. The van der Waals surface area contributed by atoms with E-state index in [1.807, 2.05) is 43.5 Å². The maximum atomic E-state index is 11.9. The van der Waals surface area contributed by atoms with Crippen molar-refractivity contribution in [2.45, 2.75) is 19.5 Å². The fraction of sp³-hybridized carbons (Fsp3) is 0.286. The van der Waals surface area contributed by atoms with Gasteiger partial charge < -0.3 is 11.1 Å². The Bertz CT molecular complexity index is 535. The quantitative estimate of drug-likeness (QED) is 0.840. The molecule has 0 fully saturated rings. The van der Waals surface area contributed by atoms with Crippen LogP contribution in [0.1, 0.15) is 17.2 Å². The van der Waals surface area contributed by atoms with Crippen LogP contribution in [-0.2, 0) is 11.3 Å². The minimum atomic E-state index is -0.624. The van der Waals surface area contributed by atoms with Gasteiger partial charge in [-0.25, -0.2) is 0 Å². The number of hydrogen-bond acceptors (Lipinski definition) is 3. The molecule has 0 saturated carbocycles. The van der Waals surface area contributed by atoms with Crippen molar-refractivity contribution in [3.63, 3.8) is 0 Å². The third-order valence-electron chi connectivity index (χ3n) is 2.84. The van der Waals surface area contributed by atoms with Gasteiger partial charge in [0.05, 0.1) is 12.7 Å². The first kappa shape index (κ1) is 13.3. The van der Waals surface area contributed by atoms with Crippen LogP contribution in [-0.4, -0.2) is 22.2 Å². The zero-order chi connectivity index (χ0) is 13.7. The Morgan fingerprint density at radius 2 is 2.16 bits per heavy atom. The van der Waals surface area contributed by atoms with E-state index < -0.39 is 6.04 Å². The molecule has 2 aromatic rings. The molecule has 0 aliphatic carbocycles. The molecule has 19 heavy (non-hydrogen) atoms. The van der Waals surface area contributed by atoms with Crippen molar-refractivity contribution in [3.05, 3.63) is 53.9 Å². The molecule has 0 radical (unpaired) electrons. The lowest BCUT2D eigenvalue weighted by atomic mass is 10.1. The lowest BCUT2D eigenvalue weighted by Crippen LogP contribution is -2.35. The van der Waals surface area contributed by atoms with E-state index in [1.54, 1.807) is 10.9 Å². The normalized spacial score (nSPS) is 12.1. The van der Waals surface area contributed by atoms with E-state index in [0.717, 1.165) is 11.1 Å². The number of amides is 1. The van der Waals surface area contributed by atoms with Gasteiger partial charge in [-0.1, -0.05) is 30.3 Å². The number of nitrogens with zero attached hydrogens (tertiary/aromatic N) is 2. The first-order valence-electron chi connectivity index (χ1n) is 6.24. The Hall–Kier alpha value is -2.14. The van der Waals surface area contributed by atoms with Gasteiger partial charge >= 0.3 is 0 Å². The third kappa shape index (κ3) is 3.66. The number of aromatic nitrogens is 2. The predicted molar refractivity (Wildman–Crippen MR) is 73.3 cm³/mol. The maximum absolute atomic E-state index is 11.9. The van der Waals surface area contributed by atoms with Crippen LogP contribution in [0.4, 0.5) is 0 Å². The first-order valence-corrected chi connectivity index (χ1v) is 6.24. The molecule has 5 heteroatoms. The number of rotatable bonds is 5. The standard InChI is InChI=1S/C14H18N4O/c1-11-9-17-18(10-11)8-7-16-14(19)13(15)12-5-3-2-4-6-12/h2-6,9-10,13H,7-8,15H2,1H3,(H,16,19)/t13-/m0/s1. The van der Waals surface area contributed by atoms with Crippen molar-refractivity contribution >= 4 is 5.91 Å². The third-order valence-corrected chi connectivity index (χ3v) is 2.84. The van der Waals surface area contributed by atoms with E-state index >= 15 is 0 Å². The van der Waals surface area contributed by atoms with E-state index in [0.29, 0.717) is 13.1 Å². The molecule has 1 heterocycles. The van der Waals surface area contributed by atoms with Gasteiger partial charge in [-0.2, -0.15) is 5.10 Å². The topological polar surface area (TPSA) is 72.9 Å². The van der Waals surface area contributed by atoms with Crippen molar-refractivity contribution in [1.29, 1.82) is 0 Å². The van der Waals surface area contributed by atoms with Crippen LogP contribution >= 0.6 is 0 Å². The Balaban J connectivity index is 1.81. The number of aryl methyl sites for hydroxylation is 1. The van der Waals surface area contributed by atoms with Gasteiger partial charge in [-0.3, -0.25) is 9.48 Å². The molecular formula is C14H18N4O. The average Bonchev–Trinajstić information content (AvgIpc) is 2.84. The van der Waals surface area contributed by atoms with Crippen LogP contribution in [0.15, 0.2) is 42.7 Å². The van der Waals surface area contributed by atoms with Crippen molar-refractivity contribution in [3.8, 4) is 0 Å². The summed E-state index contributed by atoms with van der Waals surface area (Å²) < 4.78 is 1.80. The molecule has 5 nitrogen and oxygen atoms in total. The first-order chi connectivity index (χ1) is 9.16. The van der Waals surface area contributed by atoms with E-state index in [2.05, 4.69) is 10.4 Å². The number of carbonyl (C=O) groups excluding carboxylic acids is 1. The van der Waals surface area contributed by atoms with Crippen molar-refractivity contribution < 1.29 is 4.79 Å². The molecule has 0 spiro atoms. The van der Waals surface area contributed by atoms with E-state index in [4.69, 9.17) is 5.73 Å². The van der Waals surface area contributed by atoms with Crippen molar-refractivity contribution in [2.75, 3.05) is 6.54 Å². The molecule has 2 rings (SSSR count). The molecule has 1 aromatic heterocycles. The highest BCUT2D eigenvalue weighted by Crippen LogP contribution is 2.08. The molecule has 0 unspecified atom stereocenters. The maximum Gasteiger partial charge on any atom is 0.241 e. The van der Waals surface area contributed by atoms with E-state index in [1.165, 1.54) is 0 Å². The summed E-state index contributed by atoms with van der Waals surface area (Å²) in [4.78, 5) is 11.9. The van der Waals surface area contributed by atoms with Gasteiger partial charge in [0.2, 0.25) is 5.91 Å². The van der Waals surface area contributed by atoms with Crippen LogP contribution < -0.4 is 11.1 Å². The number of benzene rings is 1. The van der Waals surface area contributed by atoms with Gasteiger partial charge in [0, 0.05) is 12.7 Å². The largest absolute Gasteiger partial charge is 0.353 e. The minimum Gasteiger partial charge on any atom is -0.353 e. The molecule has 0 aliphatic rings. The number of nitrogens with two attached hydrogens (primary N) is 1. The van der Waals surface area contributed by atoms with E-state index in [-0.39, 0.29) is 5.91 Å². The summed E-state index contributed by atoms with van der Waals surface area (Å²) >= 11 is 0. The fourth-order valence-corrected chi connectivity index (χ4v) is 1.80. The van der Waals surface area contributed by atoms with Gasteiger partial charge in [0.15, 0.2) is 0 Å². The Morgan fingerprint density at radius 3 is 2.79 bits per heavy atom. The minimum absolute atomic E-state index is 0.171. The molecular weight excluding hydrogens is 240 g/mol. The SMILES string of the molecule is Cc1cnn(CCNC(=O)[C@@H](N)c2ccccc2)c1. The molecule has 0 saturated heterocycles. The van der Waals surface area contributed by atoms with Crippen LogP contribution in [0.2, 0.25) is 0 Å². The molecule has 1 amide bonds. The lowest BCUT2D eigenvalue weighted by molar-refractivity contribution is -0.122. The number of carbonyl (C=O) groups is 1. The average molecular weight is 258 g/mol. The van der Waals surface area contributed by atoms with Crippen LogP contribution in [0.5, 0.6) is 0 Å². The summed E-state index contributed by atoms with van der Waals surface area (Å²) in [5, 5.41) is 6.96. The highest BCUT2D eigenvalue weighted by Gasteiger charge is 2.14. The summed E-state index contributed by atoms with van der Waals surface area (Å²) in [6.07, 6.45) is 3.72. The van der Waals surface area contributed by atoms with Crippen LogP contribution in [0.3, 0.4) is 0 Å². The van der Waals surface area contributed by atoms with Crippen LogP contribution in [0.25, 0.3) is 0 Å². The van der Waals surface area contributed by atoms with Gasteiger partial charge in [-0.15, -0.1) is 0 Å². The molecule has 1 aromatic carbocycles. The summed E-state index contributed by atoms with van der Waals surface area (Å²) in [7, 11) is 0. The zero-order valence-corrected chi connectivity index (χ0v) is 10.9. The second kappa shape index (κ2) is 6.15. The highest BCUT2D eigenvalue weighted by atomic mass is 16.2. The van der Waals surface area contributed by atoms with E-state index in [9.17, 15) is 4.79 Å². The van der Waals surface area contributed by atoms with Gasteiger partial charge in [0.25, 0.3) is 0 Å². The molecule has 0 aliphatic heterocycles. The molecule has 1 atom stereocenters. The van der Waals surface area contributed by atoms with Crippen LogP contribution in [0, 0.1) is 6.92 Å². The summed E-state index contributed by atoms with van der Waals surface area (Å²) in [5.74, 6) is -0.171. The second-order valence-electron chi connectivity index (χ2n) is 4.46. The van der Waals surface area contributed by atoms with Gasteiger partial charge in [0.1, 0.15) is 6.04 Å². The Labute approximate surface area is 112 Å². The highest BCUT2D eigenvalue weighted by molar-refractivity contribution is 5.82. The second-order valence-corrected chi connectivity index (χ2v) is 4.46. The summed E-state index contributed by atoms with van der Waals surface area (Å²) in [6, 6.07) is 8.71. The smallest absolute Gasteiger partial charge is 0.241 e. The van der Waals surface area contributed by atoms with Crippen molar-refractivity contribution in [2.24, 2.45) is 5.73 Å². The monoisotopic (exact) mass is 258 g/mol. The van der Waals surface area contributed by atoms with Crippen molar-refractivity contribution in [1.82, 2.24) is 15.1 Å². The molecule has 100 valence electrons. The molecule has 0 bridgehead atoms. The summed E-state index contributed by atoms with van der Waals surface area (Å²) in [6.45, 7) is 3.13. The van der Waals surface area contributed by atoms with Gasteiger partial charge in [-0.05, 0) is 18.1 Å². The fourth-order valence-electron chi connectivity index (χ4n) is 1.80. The predicted octanol–water partition coefficient (Wildman–Crippen LogP) is 1.01. The molecule has 3 N–H and O–H groups in total. The zero-order valence-electron chi connectivity index (χ0n) is 10.9. The number of nitrogens with one attached hydrogen (secondary N) is 1. The Morgan fingerprint density at radius 1 is 1.42 bits per heavy atom. The lowest BCUT2D eigenvalue weighted by Gasteiger charge is -2.12. The number of hydrogen-bond donors (Lipinski definition) is 2.